The summed E-state index contributed by atoms with van der Waals surface area (Å²) in [4.78, 5) is 17.4. The number of aromatic nitrogens is 1. The van der Waals surface area contributed by atoms with E-state index in [1.807, 2.05) is 37.5 Å². The van der Waals surface area contributed by atoms with Gasteiger partial charge in [-0.05, 0) is 36.6 Å². The fourth-order valence-corrected chi connectivity index (χ4v) is 3.71. The number of rotatable bonds is 8. The lowest BCUT2D eigenvalue weighted by Crippen LogP contribution is -3.08. The number of carbonyl (C=O) groups excluding carboxylic acids is 1. The summed E-state index contributed by atoms with van der Waals surface area (Å²) in [6, 6.07) is 10.1. The maximum Gasteiger partial charge on any atom is 0.219 e. The van der Waals surface area contributed by atoms with Crippen LogP contribution in [0.4, 0.5) is 0 Å². The Morgan fingerprint density at radius 3 is 2.50 bits per heavy atom. The quantitative estimate of drug-likeness (QED) is 0.590. The highest BCUT2D eigenvalue weighted by atomic mass is 16.5. The van der Waals surface area contributed by atoms with Gasteiger partial charge in [0.15, 0.2) is 11.5 Å². The van der Waals surface area contributed by atoms with Gasteiger partial charge in [0, 0.05) is 28.2 Å². The number of carbonyl (C=O) groups is 1. The predicted octanol–water partition coefficient (Wildman–Crippen LogP) is 2.95. The van der Waals surface area contributed by atoms with Gasteiger partial charge in [-0.2, -0.15) is 0 Å². The molecule has 1 atom stereocenters. The number of methoxy groups -OCH3 is 2. The molecule has 0 amide bonds. The van der Waals surface area contributed by atoms with Crippen LogP contribution in [0.1, 0.15) is 34.0 Å². The second kappa shape index (κ2) is 8.48. The van der Waals surface area contributed by atoms with E-state index in [4.69, 9.17) is 9.47 Å². The number of likely N-dealkylation sites (N-methyl/N-ethyl adjacent to an activating group) is 1. The van der Waals surface area contributed by atoms with Crippen molar-refractivity contribution in [1.29, 1.82) is 0 Å². The Balaban J connectivity index is 1.77. The van der Waals surface area contributed by atoms with E-state index < -0.39 is 0 Å². The first kappa shape index (κ1) is 20.0. The zero-order valence-electron chi connectivity index (χ0n) is 17.3. The number of ether oxygens (including phenoxy) is 2. The minimum absolute atomic E-state index is 0.148. The molecule has 5 nitrogen and oxygen atoms in total. The molecule has 0 aliphatic heterocycles. The van der Waals surface area contributed by atoms with E-state index in [0.29, 0.717) is 12.3 Å². The smallest absolute Gasteiger partial charge is 0.219 e. The normalized spacial score (nSPS) is 12.2. The maximum atomic E-state index is 12.9. The molecule has 0 bridgehead atoms. The van der Waals surface area contributed by atoms with Gasteiger partial charge < -0.3 is 19.4 Å². The van der Waals surface area contributed by atoms with Crippen molar-refractivity contribution in [3.8, 4) is 11.5 Å². The van der Waals surface area contributed by atoms with Crippen molar-refractivity contribution >= 4 is 16.7 Å². The average Bonchev–Trinajstić information content (AvgIpc) is 3.13. The molecular weight excluding hydrogens is 352 g/mol. The van der Waals surface area contributed by atoms with Crippen molar-refractivity contribution in [2.75, 3.05) is 27.8 Å². The topological polar surface area (TPSA) is 55.8 Å². The van der Waals surface area contributed by atoms with Crippen LogP contribution in [0.5, 0.6) is 11.5 Å². The summed E-state index contributed by atoms with van der Waals surface area (Å²) in [6.45, 7) is 5.34. The van der Waals surface area contributed by atoms with Gasteiger partial charge in [-0.25, -0.2) is 0 Å². The number of ketones is 1. The zero-order chi connectivity index (χ0) is 20.3. The highest BCUT2D eigenvalue weighted by Gasteiger charge is 2.19. The summed E-state index contributed by atoms with van der Waals surface area (Å²) in [5.41, 5.74) is 5.35. The molecule has 1 heterocycles. The summed E-state index contributed by atoms with van der Waals surface area (Å²) >= 11 is 0. The molecule has 5 heteroatoms. The molecule has 28 heavy (non-hydrogen) atoms. The number of para-hydroxylation sites is 1. The Bertz CT molecular complexity index is 991. The lowest BCUT2D eigenvalue weighted by atomic mass is 10.0. The van der Waals surface area contributed by atoms with Crippen molar-refractivity contribution in [3.05, 3.63) is 58.8 Å². The third kappa shape index (κ3) is 3.90. The van der Waals surface area contributed by atoms with Crippen molar-refractivity contribution in [3.63, 3.8) is 0 Å². The third-order valence-corrected chi connectivity index (χ3v) is 5.28. The molecular formula is C23H29N2O3+. The van der Waals surface area contributed by atoms with Crippen molar-refractivity contribution < 1.29 is 19.2 Å². The molecule has 1 unspecified atom stereocenters. The van der Waals surface area contributed by atoms with Gasteiger partial charge in [0.05, 0.1) is 21.3 Å². The van der Waals surface area contributed by atoms with E-state index in [1.165, 1.54) is 5.56 Å². The Labute approximate surface area is 166 Å². The number of Topliss-reactive ketones (excluding diaryl/α,β-unsaturated/α-hetero) is 1. The van der Waals surface area contributed by atoms with Gasteiger partial charge in [-0.1, -0.05) is 25.1 Å². The van der Waals surface area contributed by atoms with Crippen molar-refractivity contribution in [2.24, 2.45) is 0 Å². The first-order chi connectivity index (χ1) is 13.5. The number of H-pyrrole nitrogens is 1. The number of benzene rings is 2. The lowest BCUT2D eigenvalue weighted by Gasteiger charge is -2.17. The van der Waals surface area contributed by atoms with Crippen LogP contribution in [0, 0.1) is 6.92 Å². The maximum absolute atomic E-state index is 12.9. The number of nitrogens with one attached hydrogen (secondary N) is 2. The Kier molecular flexibility index (Phi) is 6.05. The second-order valence-electron chi connectivity index (χ2n) is 7.26. The Morgan fingerprint density at radius 1 is 1.11 bits per heavy atom. The number of aromatic amines is 1. The van der Waals surface area contributed by atoms with E-state index in [0.717, 1.165) is 51.2 Å². The van der Waals surface area contributed by atoms with Crippen LogP contribution in [0.15, 0.2) is 36.5 Å². The summed E-state index contributed by atoms with van der Waals surface area (Å²) in [6.07, 6.45) is 2.79. The molecule has 0 aliphatic carbocycles. The first-order valence-electron chi connectivity index (χ1n) is 9.63. The van der Waals surface area contributed by atoms with E-state index in [1.54, 1.807) is 14.2 Å². The molecule has 2 aromatic carbocycles. The number of fused-ring (bicyclic) bond motifs is 1. The molecule has 0 aliphatic rings. The zero-order valence-corrected chi connectivity index (χ0v) is 17.3. The van der Waals surface area contributed by atoms with Crippen LogP contribution in [0.2, 0.25) is 0 Å². The van der Waals surface area contributed by atoms with Crippen LogP contribution in [0.25, 0.3) is 10.9 Å². The van der Waals surface area contributed by atoms with Crippen LogP contribution >= 0.6 is 0 Å². The number of hydrogen-bond acceptors (Lipinski definition) is 3. The minimum Gasteiger partial charge on any atom is -0.493 e. The Morgan fingerprint density at radius 2 is 1.82 bits per heavy atom. The van der Waals surface area contributed by atoms with Gasteiger partial charge in [0.1, 0.15) is 13.1 Å². The van der Waals surface area contributed by atoms with Crippen LogP contribution < -0.4 is 14.4 Å². The molecule has 2 N–H and O–H groups in total. The van der Waals surface area contributed by atoms with Crippen molar-refractivity contribution in [1.82, 2.24) is 4.98 Å². The SMILES string of the molecule is CCc1cccc2c(C(=O)C[NH+](C)Cc3cc(OC)c(OC)cc3C)c[nH]c12. The largest absolute Gasteiger partial charge is 0.493 e. The molecule has 3 rings (SSSR count). The highest BCUT2D eigenvalue weighted by molar-refractivity contribution is 6.08. The monoisotopic (exact) mass is 381 g/mol. The molecule has 0 saturated heterocycles. The van der Waals surface area contributed by atoms with Crippen LogP contribution in [0.3, 0.4) is 0 Å². The van der Waals surface area contributed by atoms with Gasteiger partial charge in [0.25, 0.3) is 0 Å². The summed E-state index contributed by atoms with van der Waals surface area (Å²) < 4.78 is 10.8. The molecule has 0 spiro atoms. The molecule has 1 aromatic heterocycles. The highest BCUT2D eigenvalue weighted by Crippen LogP contribution is 2.30. The third-order valence-electron chi connectivity index (χ3n) is 5.28. The summed E-state index contributed by atoms with van der Waals surface area (Å²) in [5.74, 6) is 1.59. The molecule has 0 fully saturated rings. The second-order valence-corrected chi connectivity index (χ2v) is 7.26. The lowest BCUT2D eigenvalue weighted by molar-refractivity contribution is -0.884. The van der Waals surface area contributed by atoms with Crippen molar-refractivity contribution in [2.45, 2.75) is 26.8 Å². The standard InChI is InChI=1S/C23H28N2O3/c1-6-16-8-7-9-18-19(12-24-23(16)18)20(26)14-25(3)13-17-11-22(28-5)21(27-4)10-15(17)2/h7-12,24H,6,13-14H2,1-5H3/p+1. The number of quaternary nitrogens is 1. The fourth-order valence-electron chi connectivity index (χ4n) is 3.71. The van der Waals surface area contributed by atoms with E-state index in [9.17, 15) is 4.79 Å². The molecule has 0 radical (unpaired) electrons. The molecule has 0 saturated carbocycles. The number of aryl methyl sites for hydroxylation is 2. The predicted molar refractivity (Wildman–Crippen MR) is 112 cm³/mol. The fraction of sp³-hybridized carbons (Fsp3) is 0.348. The first-order valence-corrected chi connectivity index (χ1v) is 9.63. The van der Waals surface area contributed by atoms with Gasteiger partial charge in [-0.3, -0.25) is 4.79 Å². The summed E-state index contributed by atoms with van der Waals surface area (Å²) in [5, 5.41) is 1.01. The Hall–Kier alpha value is -2.79. The van der Waals surface area contributed by atoms with Crippen LogP contribution in [-0.2, 0) is 13.0 Å². The van der Waals surface area contributed by atoms with E-state index >= 15 is 0 Å². The number of hydrogen-bond donors (Lipinski definition) is 2. The van der Waals surface area contributed by atoms with E-state index in [-0.39, 0.29) is 5.78 Å². The van der Waals surface area contributed by atoms with E-state index in [2.05, 4.69) is 24.9 Å². The van der Waals surface area contributed by atoms with Crippen LogP contribution in [-0.4, -0.2) is 38.6 Å². The van der Waals surface area contributed by atoms with Gasteiger partial charge in [-0.15, -0.1) is 0 Å². The average molecular weight is 381 g/mol. The summed E-state index contributed by atoms with van der Waals surface area (Å²) in [7, 11) is 5.32. The molecule has 148 valence electrons. The van der Waals surface area contributed by atoms with Gasteiger partial charge >= 0.3 is 0 Å². The van der Waals surface area contributed by atoms with Gasteiger partial charge in [0.2, 0.25) is 5.78 Å². The minimum atomic E-state index is 0.148. The molecule has 3 aromatic rings.